The van der Waals surface area contributed by atoms with E-state index in [0.29, 0.717) is 17.1 Å². The lowest BCUT2D eigenvalue weighted by Gasteiger charge is -2.13. The van der Waals surface area contributed by atoms with Crippen molar-refractivity contribution in [3.63, 3.8) is 0 Å². The molecule has 5 nitrogen and oxygen atoms in total. The van der Waals surface area contributed by atoms with Crippen molar-refractivity contribution in [1.29, 1.82) is 0 Å². The van der Waals surface area contributed by atoms with E-state index in [2.05, 4.69) is 15.9 Å². The van der Waals surface area contributed by atoms with Crippen molar-refractivity contribution in [3.05, 3.63) is 99.7 Å². The summed E-state index contributed by atoms with van der Waals surface area (Å²) >= 11 is 3.37. The Labute approximate surface area is 189 Å². The van der Waals surface area contributed by atoms with Crippen molar-refractivity contribution in [2.75, 3.05) is 0 Å². The summed E-state index contributed by atoms with van der Waals surface area (Å²) in [6, 6.07) is 17.6. The van der Waals surface area contributed by atoms with Crippen LogP contribution in [0.3, 0.4) is 0 Å². The van der Waals surface area contributed by atoms with Crippen molar-refractivity contribution in [3.8, 4) is 11.5 Å². The van der Waals surface area contributed by atoms with Crippen molar-refractivity contribution < 1.29 is 32.6 Å². The predicted octanol–water partition coefficient (Wildman–Crippen LogP) is 6.12. The van der Waals surface area contributed by atoms with Gasteiger partial charge in [-0.15, -0.1) is 0 Å². The molecule has 1 amide bonds. The van der Waals surface area contributed by atoms with E-state index in [1.54, 1.807) is 36.4 Å². The number of nitrogens with one attached hydrogen (secondary N) is 1. The molecule has 3 aromatic rings. The number of rotatable bonds is 6. The number of aliphatic carboxylic acids is 1. The molecular formula is C23H15BrF3NO4. The fourth-order valence-electron chi connectivity index (χ4n) is 2.72. The monoisotopic (exact) mass is 505 g/mol. The summed E-state index contributed by atoms with van der Waals surface area (Å²) in [4.78, 5) is 23.9. The lowest BCUT2D eigenvalue weighted by molar-refractivity contribution is -0.138. The third kappa shape index (κ3) is 5.76. The second-order valence-corrected chi connectivity index (χ2v) is 7.32. The van der Waals surface area contributed by atoms with Crippen LogP contribution >= 0.6 is 15.9 Å². The first-order valence-corrected chi connectivity index (χ1v) is 9.89. The van der Waals surface area contributed by atoms with Crippen LogP contribution in [0.15, 0.2) is 83.0 Å². The number of carbonyl (C=O) groups excluding carboxylic acids is 1. The zero-order valence-corrected chi connectivity index (χ0v) is 17.8. The molecule has 32 heavy (non-hydrogen) atoms. The Morgan fingerprint density at radius 2 is 1.56 bits per heavy atom. The standard InChI is InChI=1S/C23H15BrF3NO4/c24-18-7-3-4-8-20(18)32-15-11-9-14(10-12-15)13-19(22(30)31)28-21(29)16-5-1-2-6-17(16)23(25,26)27/h1-13H,(H,28,29)(H,30,31)/b19-13-. The third-order valence-electron chi connectivity index (χ3n) is 4.21. The molecule has 0 radical (unpaired) electrons. The van der Waals surface area contributed by atoms with Gasteiger partial charge >= 0.3 is 12.1 Å². The minimum absolute atomic E-state index is 0.395. The Morgan fingerprint density at radius 1 is 0.938 bits per heavy atom. The summed E-state index contributed by atoms with van der Waals surface area (Å²) in [7, 11) is 0. The van der Waals surface area contributed by atoms with Gasteiger partial charge in [0.2, 0.25) is 0 Å². The zero-order chi connectivity index (χ0) is 23.3. The van der Waals surface area contributed by atoms with Gasteiger partial charge in [0.15, 0.2) is 0 Å². The number of carboxylic acids is 1. The van der Waals surface area contributed by atoms with Crippen LogP contribution in [0.1, 0.15) is 21.5 Å². The van der Waals surface area contributed by atoms with E-state index < -0.39 is 34.9 Å². The summed E-state index contributed by atoms with van der Waals surface area (Å²) in [5.74, 6) is -1.62. The van der Waals surface area contributed by atoms with Gasteiger partial charge in [0.25, 0.3) is 5.91 Å². The summed E-state index contributed by atoms with van der Waals surface area (Å²) in [5, 5.41) is 11.4. The Kier molecular flexibility index (Phi) is 6.99. The number of carboxylic acid groups (broad SMARTS) is 1. The van der Waals surface area contributed by atoms with Gasteiger partial charge in [-0.25, -0.2) is 4.79 Å². The van der Waals surface area contributed by atoms with E-state index >= 15 is 0 Å². The molecule has 2 N–H and O–H groups in total. The van der Waals surface area contributed by atoms with Gasteiger partial charge in [-0.3, -0.25) is 4.79 Å². The SMILES string of the molecule is O=C(O)/C(=C/c1ccc(Oc2ccccc2Br)cc1)NC(=O)c1ccccc1C(F)(F)F. The third-order valence-corrected chi connectivity index (χ3v) is 4.87. The first-order valence-electron chi connectivity index (χ1n) is 9.10. The van der Waals surface area contributed by atoms with E-state index in [9.17, 15) is 27.9 Å². The highest BCUT2D eigenvalue weighted by Gasteiger charge is 2.35. The maximum Gasteiger partial charge on any atom is 0.417 e. The maximum atomic E-state index is 13.1. The molecule has 0 aliphatic carbocycles. The van der Waals surface area contributed by atoms with Crippen LogP contribution in [0, 0.1) is 0 Å². The van der Waals surface area contributed by atoms with E-state index in [1.807, 2.05) is 17.4 Å². The fourth-order valence-corrected chi connectivity index (χ4v) is 3.09. The second-order valence-electron chi connectivity index (χ2n) is 6.46. The number of hydrogen-bond donors (Lipinski definition) is 2. The van der Waals surface area contributed by atoms with E-state index in [-0.39, 0.29) is 0 Å². The molecule has 3 rings (SSSR count). The number of ether oxygens (including phenoxy) is 1. The van der Waals surface area contributed by atoms with Crippen LogP contribution in [0.4, 0.5) is 13.2 Å². The highest BCUT2D eigenvalue weighted by molar-refractivity contribution is 9.10. The van der Waals surface area contributed by atoms with Crippen molar-refractivity contribution >= 4 is 33.9 Å². The summed E-state index contributed by atoms with van der Waals surface area (Å²) in [5.41, 5.74) is -2.02. The van der Waals surface area contributed by atoms with Crippen molar-refractivity contribution in [2.24, 2.45) is 0 Å². The maximum absolute atomic E-state index is 13.1. The average Bonchev–Trinajstić information content (AvgIpc) is 2.75. The Morgan fingerprint density at radius 3 is 2.19 bits per heavy atom. The topological polar surface area (TPSA) is 75.6 Å². The van der Waals surface area contributed by atoms with E-state index in [1.165, 1.54) is 6.07 Å². The van der Waals surface area contributed by atoms with Crippen LogP contribution in [-0.2, 0) is 11.0 Å². The van der Waals surface area contributed by atoms with E-state index in [0.717, 1.165) is 28.7 Å². The lowest BCUT2D eigenvalue weighted by atomic mass is 10.1. The average molecular weight is 506 g/mol. The van der Waals surface area contributed by atoms with Gasteiger partial charge in [0.1, 0.15) is 17.2 Å². The molecule has 0 saturated heterocycles. The lowest BCUT2D eigenvalue weighted by Crippen LogP contribution is -2.29. The van der Waals surface area contributed by atoms with Gasteiger partial charge in [-0.05, 0) is 64.0 Å². The minimum atomic E-state index is -4.76. The van der Waals surface area contributed by atoms with Gasteiger partial charge in [-0.1, -0.05) is 36.4 Å². The highest BCUT2D eigenvalue weighted by Crippen LogP contribution is 2.32. The Hall–Kier alpha value is -3.59. The van der Waals surface area contributed by atoms with Crippen LogP contribution in [-0.4, -0.2) is 17.0 Å². The summed E-state index contributed by atoms with van der Waals surface area (Å²) < 4.78 is 45.9. The van der Waals surface area contributed by atoms with Crippen molar-refractivity contribution in [2.45, 2.75) is 6.18 Å². The smallest absolute Gasteiger partial charge is 0.417 e. The van der Waals surface area contributed by atoms with Crippen LogP contribution < -0.4 is 10.1 Å². The number of benzene rings is 3. The molecule has 0 atom stereocenters. The highest BCUT2D eigenvalue weighted by atomic mass is 79.9. The molecule has 0 aromatic heterocycles. The number of hydrogen-bond acceptors (Lipinski definition) is 3. The van der Waals surface area contributed by atoms with Crippen LogP contribution in [0.2, 0.25) is 0 Å². The molecule has 164 valence electrons. The Bertz CT molecular complexity index is 1170. The molecule has 0 bridgehead atoms. The number of para-hydroxylation sites is 1. The molecule has 3 aromatic carbocycles. The molecular weight excluding hydrogens is 491 g/mol. The van der Waals surface area contributed by atoms with Gasteiger partial charge in [0, 0.05) is 0 Å². The second kappa shape index (κ2) is 9.69. The first-order chi connectivity index (χ1) is 15.1. The molecule has 0 heterocycles. The molecule has 0 saturated carbocycles. The molecule has 0 unspecified atom stereocenters. The number of amides is 1. The van der Waals surface area contributed by atoms with Gasteiger partial charge in [0.05, 0.1) is 15.6 Å². The van der Waals surface area contributed by atoms with Crippen molar-refractivity contribution in [1.82, 2.24) is 5.32 Å². The largest absolute Gasteiger partial charge is 0.477 e. The quantitative estimate of drug-likeness (QED) is 0.396. The summed E-state index contributed by atoms with van der Waals surface area (Å²) in [6.45, 7) is 0. The van der Waals surface area contributed by atoms with Crippen LogP contribution in [0.25, 0.3) is 6.08 Å². The molecule has 0 aliphatic rings. The van der Waals surface area contributed by atoms with Crippen LogP contribution in [0.5, 0.6) is 11.5 Å². The number of halogens is 4. The molecule has 9 heteroatoms. The van der Waals surface area contributed by atoms with Gasteiger partial charge < -0.3 is 15.2 Å². The normalized spacial score (nSPS) is 11.7. The number of carbonyl (C=O) groups is 2. The van der Waals surface area contributed by atoms with E-state index in [4.69, 9.17) is 4.74 Å². The molecule has 0 fully saturated rings. The zero-order valence-electron chi connectivity index (χ0n) is 16.2. The number of alkyl halides is 3. The Balaban J connectivity index is 1.81. The summed E-state index contributed by atoms with van der Waals surface area (Å²) in [6.07, 6.45) is -3.62. The molecule has 0 spiro atoms. The predicted molar refractivity (Wildman–Crippen MR) is 115 cm³/mol. The first kappa shape index (κ1) is 23.1. The minimum Gasteiger partial charge on any atom is -0.477 e. The fraction of sp³-hybridized carbons (Fsp3) is 0.0435. The van der Waals surface area contributed by atoms with Gasteiger partial charge in [-0.2, -0.15) is 13.2 Å². The molecule has 0 aliphatic heterocycles.